The first-order valence-corrected chi connectivity index (χ1v) is 6.47. The van der Waals surface area contributed by atoms with Crippen LogP contribution in [0.4, 0.5) is 4.79 Å². The minimum Gasteiger partial charge on any atom is -0.396 e. The van der Waals surface area contributed by atoms with Crippen molar-refractivity contribution in [2.24, 2.45) is 5.41 Å². The molecule has 1 saturated heterocycles. The lowest BCUT2D eigenvalue weighted by molar-refractivity contribution is 0.0513. The predicted molar refractivity (Wildman–Crippen MR) is 63.8 cm³/mol. The van der Waals surface area contributed by atoms with Crippen LogP contribution in [0.25, 0.3) is 0 Å². The Bertz CT molecular complexity index is 258. The van der Waals surface area contributed by atoms with Gasteiger partial charge in [0.25, 0.3) is 0 Å². The van der Waals surface area contributed by atoms with Crippen LogP contribution in [0.15, 0.2) is 0 Å². The number of morpholine rings is 1. The molecule has 0 radical (unpaired) electrons. The predicted octanol–water partition coefficient (Wildman–Crippen LogP) is 0.581. The number of aliphatic hydroxyl groups is 1. The smallest absolute Gasteiger partial charge is 0.317 e. The fraction of sp³-hybridized carbons (Fsp3) is 0.917. The Kier molecular flexibility index (Phi) is 4.23. The van der Waals surface area contributed by atoms with Gasteiger partial charge in [0.15, 0.2) is 0 Å². The first-order valence-electron chi connectivity index (χ1n) is 6.47. The molecule has 2 rings (SSSR count). The summed E-state index contributed by atoms with van der Waals surface area (Å²) in [6, 6.07) is -0.0203. The summed E-state index contributed by atoms with van der Waals surface area (Å²) in [6.45, 7) is 3.35. The molecule has 98 valence electrons. The van der Waals surface area contributed by atoms with Crippen LogP contribution in [0.1, 0.15) is 25.7 Å². The molecule has 0 unspecified atom stereocenters. The van der Waals surface area contributed by atoms with E-state index in [1.54, 1.807) is 4.90 Å². The first kappa shape index (κ1) is 12.6. The quantitative estimate of drug-likeness (QED) is 0.761. The maximum absolute atomic E-state index is 11.9. The van der Waals surface area contributed by atoms with Gasteiger partial charge in [-0.2, -0.15) is 0 Å². The molecule has 2 aliphatic rings. The van der Waals surface area contributed by atoms with Gasteiger partial charge in [0.1, 0.15) is 0 Å². The third-order valence-electron chi connectivity index (χ3n) is 3.91. The molecule has 0 spiro atoms. The lowest BCUT2D eigenvalue weighted by atomic mass is 9.87. The Labute approximate surface area is 102 Å². The molecule has 1 aliphatic heterocycles. The van der Waals surface area contributed by atoms with Crippen LogP contribution in [0.3, 0.4) is 0 Å². The van der Waals surface area contributed by atoms with E-state index < -0.39 is 0 Å². The van der Waals surface area contributed by atoms with Crippen molar-refractivity contribution in [3.63, 3.8) is 0 Å². The molecule has 1 heterocycles. The highest BCUT2D eigenvalue weighted by atomic mass is 16.5. The number of nitrogens with zero attached hydrogens (tertiary/aromatic N) is 1. The van der Waals surface area contributed by atoms with E-state index in [1.165, 1.54) is 0 Å². The van der Waals surface area contributed by atoms with Crippen LogP contribution < -0.4 is 5.32 Å². The molecule has 2 fully saturated rings. The second-order valence-corrected chi connectivity index (χ2v) is 5.12. The number of hydrogen-bond donors (Lipinski definition) is 2. The Hall–Kier alpha value is -0.810. The molecule has 0 aromatic rings. The average Bonchev–Trinajstić information content (AvgIpc) is 2.86. The van der Waals surface area contributed by atoms with E-state index in [4.69, 9.17) is 4.74 Å². The fourth-order valence-electron chi connectivity index (χ4n) is 2.66. The number of ether oxygens (including phenoxy) is 1. The van der Waals surface area contributed by atoms with Crippen molar-refractivity contribution in [1.82, 2.24) is 10.2 Å². The highest BCUT2D eigenvalue weighted by molar-refractivity contribution is 5.74. The Morgan fingerprint density at radius 1 is 1.29 bits per heavy atom. The maximum atomic E-state index is 11.9. The summed E-state index contributed by atoms with van der Waals surface area (Å²) >= 11 is 0. The molecule has 1 aliphatic carbocycles. The first-order chi connectivity index (χ1) is 8.26. The molecule has 0 aromatic carbocycles. The van der Waals surface area contributed by atoms with Gasteiger partial charge >= 0.3 is 6.03 Å². The molecule has 0 bridgehead atoms. The van der Waals surface area contributed by atoms with Crippen LogP contribution >= 0.6 is 0 Å². The normalized spacial score (nSPS) is 23.7. The number of aliphatic hydroxyl groups excluding tert-OH is 1. The molecular weight excluding hydrogens is 220 g/mol. The topological polar surface area (TPSA) is 61.8 Å². The summed E-state index contributed by atoms with van der Waals surface area (Å²) in [5, 5.41) is 12.4. The van der Waals surface area contributed by atoms with Crippen LogP contribution in [0, 0.1) is 5.41 Å². The summed E-state index contributed by atoms with van der Waals surface area (Å²) in [4.78, 5) is 13.7. The Balaban J connectivity index is 1.78. The molecule has 5 heteroatoms. The summed E-state index contributed by atoms with van der Waals surface area (Å²) in [5.74, 6) is 0. The monoisotopic (exact) mass is 242 g/mol. The van der Waals surface area contributed by atoms with Gasteiger partial charge in [0.05, 0.1) is 19.8 Å². The maximum Gasteiger partial charge on any atom is 0.317 e. The fourth-order valence-corrected chi connectivity index (χ4v) is 2.66. The van der Waals surface area contributed by atoms with Gasteiger partial charge in [-0.3, -0.25) is 0 Å². The zero-order valence-corrected chi connectivity index (χ0v) is 10.3. The minimum absolute atomic E-state index is 0.0203. The molecule has 0 aromatic heterocycles. The van der Waals surface area contributed by atoms with Gasteiger partial charge in [-0.1, -0.05) is 12.8 Å². The van der Waals surface area contributed by atoms with E-state index in [-0.39, 0.29) is 18.1 Å². The Morgan fingerprint density at radius 2 is 1.94 bits per heavy atom. The van der Waals surface area contributed by atoms with Crippen molar-refractivity contribution >= 4 is 6.03 Å². The number of carbonyl (C=O) groups excluding carboxylic acids is 1. The molecule has 1 saturated carbocycles. The number of hydrogen-bond acceptors (Lipinski definition) is 3. The summed E-state index contributed by atoms with van der Waals surface area (Å²) in [5.41, 5.74) is -0.0675. The largest absolute Gasteiger partial charge is 0.396 e. The highest BCUT2D eigenvalue weighted by Crippen LogP contribution is 2.36. The number of amides is 2. The van der Waals surface area contributed by atoms with Crippen LogP contribution in [-0.2, 0) is 4.74 Å². The molecule has 17 heavy (non-hydrogen) atoms. The van der Waals surface area contributed by atoms with Gasteiger partial charge in [-0.05, 0) is 12.8 Å². The summed E-state index contributed by atoms with van der Waals surface area (Å²) < 4.78 is 5.21. The molecule has 2 amide bonds. The van der Waals surface area contributed by atoms with Crippen molar-refractivity contribution < 1.29 is 14.6 Å². The van der Waals surface area contributed by atoms with Crippen LogP contribution in [0.5, 0.6) is 0 Å². The highest BCUT2D eigenvalue weighted by Gasteiger charge is 2.33. The summed E-state index contributed by atoms with van der Waals surface area (Å²) in [6.07, 6.45) is 4.36. The second kappa shape index (κ2) is 5.69. The van der Waals surface area contributed by atoms with Crippen molar-refractivity contribution in [2.75, 3.05) is 39.5 Å². The zero-order valence-electron chi connectivity index (χ0n) is 10.3. The molecule has 0 atom stereocenters. The lowest BCUT2D eigenvalue weighted by Crippen LogP contribution is -2.49. The van der Waals surface area contributed by atoms with Gasteiger partial charge in [0.2, 0.25) is 0 Å². The van der Waals surface area contributed by atoms with Gasteiger partial charge in [0, 0.05) is 25.0 Å². The van der Waals surface area contributed by atoms with E-state index in [0.29, 0.717) is 32.8 Å². The standard InChI is InChI=1S/C12H22N2O3/c15-10-12(3-1-2-4-12)9-13-11(16)14-5-7-17-8-6-14/h15H,1-10H2,(H,13,16). The third kappa shape index (κ3) is 3.10. The zero-order chi connectivity index (χ0) is 12.1. The number of carbonyl (C=O) groups is 1. The van der Waals surface area contributed by atoms with Crippen molar-refractivity contribution in [3.05, 3.63) is 0 Å². The van der Waals surface area contributed by atoms with E-state index in [0.717, 1.165) is 25.7 Å². The van der Waals surface area contributed by atoms with Crippen LogP contribution in [-0.4, -0.2) is 55.5 Å². The van der Waals surface area contributed by atoms with Crippen molar-refractivity contribution in [2.45, 2.75) is 25.7 Å². The summed E-state index contributed by atoms with van der Waals surface area (Å²) in [7, 11) is 0. The van der Waals surface area contributed by atoms with E-state index in [2.05, 4.69) is 5.32 Å². The Morgan fingerprint density at radius 3 is 2.53 bits per heavy atom. The van der Waals surface area contributed by atoms with Crippen molar-refractivity contribution in [1.29, 1.82) is 0 Å². The number of nitrogens with one attached hydrogen (secondary N) is 1. The second-order valence-electron chi connectivity index (χ2n) is 5.12. The van der Waals surface area contributed by atoms with Gasteiger partial charge in [-0.15, -0.1) is 0 Å². The van der Waals surface area contributed by atoms with Gasteiger partial charge in [-0.25, -0.2) is 4.79 Å². The minimum atomic E-state index is -0.0675. The van der Waals surface area contributed by atoms with E-state index in [1.807, 2.05) is 0 Å². The molecule has 2 N–H and O–H groups in total. The lowest BCUT2D eigenvalue weighted by Gasteiger charge is -2.31. The SMILES string of the molecule is O=C(NCC1(CO)CCCC1)N1CCOCC1. The van der Waals surface area contributed by atoms with Crippen molar-refractivity contribution in [3.8, 4) is 0 Å². The molecule has 5 nitrogen and oxygen atoms in total. The van der Waals surface area contributed by atoms with Gasteiger partial charge < -0.3 is 20.1 Å². The third-order valence-corrected chi connectivity index (χ3v) is 3.91. The molecular formula is C12H22N2O3. The number of rotatable bonds is 3. The van der Waals surface area contributed by atoms with E-state index >= 15 is 0 Å². The number of urea groups is 1. The van der Waals surface area contributed by atoms with E-state index in [9.17, 15) is 9.90 Å². The average molecular weight is 242 g/mol. The van der Waals surface area contributed by atoms with Crippen LogP contribution in [0.2, 0.25) is 0 Å².